The summed E-state index contributed by atoms with van der Waals surface area (Å²) in [5.74, 6) is -6.13. The van der Waals surface area contributed by atoms with Crippen molar-refractivity contribution in [2.75, 3.05) is 0 Å². The second kappa shape index (κ2) is 24.1. The summed E-state index contributed by atoms with van der Waals surface area (Å²) in [4.78, 5) is 0. The standard InChI is InChI=1S/2C30H30O8/c2*31-22-7-2-17(3-8-22)1-4-21(11-18-13-25(33)29(37)26(34)14-18)24(20-5-9-23(32)10-6-20)12-19-15-27(35)30(38)28(36)16-19/h2*2-3,5-10,13-16,21,24,31-38H,1,4,11-12H2/t2*21-,24+/m10/s1. The lowest BCUT2D eigenvalue weighted by molar-refractivity contribution is 0.359. The van der Waals surface area contributed by atoms with E-state index in [0.29, 0.717) is 73.6 Å². The van der Waals surface area contributed by atoms with E-state index in [1.165, 1.54) is 48.5 Å². The van der Waals surface area contributed by atoms with Crippen molar-refractivity contribution in [2.24, 2.45) is 11.8 Å². The average molecular weight is 1040 g/mol. The Balaban J connectivity index is 0.000000221. The predicted molar refractivity (Wildman–Crippen MR) is 282 cm³/mol. The minimum Gasteiger partial charge on any atom is -0.508 e. The quantitative estimate of drug-likeness (QED) is 0.0355. The maximum atomic E-state index is 10.1. The van der Waals surface area contributed by atoms with Crippen LogP contribution in [0, 0.1) is 11.8 Å². The third-order valence-electron chi connectivity index (χ3n) is 13.7. The molecule has 4 atom stereocenters. The zero-order valence-electron chi connectivity index (χ0n) is 41.0. The minimum atomic E-state index is -0.603. The fraction of sp³-hybridized carbons (Fsp3) is 0.200. The molecule has 0 unspecified atom stereocenters. The largest absolute Gasteiger partial charge is 0.508 e. The van der Waals surface area contributed by atoms with Crippen LogP contribution in [0.2, 0.25) is 0 Å². The average Bonchev–Trinajstić information content (AvgIpc) is 3.38. The zero-order chi connectivity index (χ0) is 54.8. The molecule has 8 aromatic rings. The third-order valence-corrected chi connectivity index (χ3v) is 13.7. The summed E-state index contributed by atoms with van der Waals surface area (Å²) in [6.45, 7) is 0. The molecular weight excluding hydrogens is 977 g/mol. The second-order valence-electron chi connectivity index (χ2n) is 19.1. The monoisotopic (exact) mass is 1040 g/mol. The molecule has 0 saturated heterocycles. The summed E-state index contributed by atoms with van der Waals surface area (Å²) in [6.07, 6.45) is 4.03. The molecule has 76 heavy (non-hydrogen) atoms. The molecule has 0 heterocycles. The first-order chi connectivity index (χ1) is 36.2. The molecule has 396 valence electrons. The van der Waals surface area contributed by atoms with Gasteiger partial charge in [0, 0.05) is 0 Å². The first kappa shape index (κ1) is 54.3. The lowest BCUT2D eigenvalue weighted by Crippen LogP contribution is -2.19. The molecule has 0 amide bonds. The van der Waals surface area contributed by atoms with Crippen molar-refractivity contribution < 1.29 is 81.7 Å². The number of phenols is 16. The van der Waals surface area contributed by atoms with Crippen LogP contribution in [0.25, 0.3) is 0 Å². The molecular formula is C60H60O16. The van der Waals surface area contributed by atoms with Crippen LogP contribution in [0.5, 0.6) is 92.0 Å². The number of hydrogen-bond acceptors (Lipinski definition) is 16. The Morgan fingerprint density at radius 1 is 0.237 bits per heavy atom. The van der Waals surface area contributed by atoms with Gasteiger partial charge < -0.3 is 81.7 Å². The van der Waals surface area contributed by atoms with Crippen molar-refractivity contribution in [3.05, 3.63) is 190 Å². The Hall–Kier alpha value is -9.44. The van der Waals surface area contributed by atoms with E-state index in [4.69, 9.17) is 0 Å². The molecule has 0 aliphatic rings. The van der Waals surface area contributed by atoms with Gasteiger partial charge in [-0.2, -0.15) is 0 Å². The molecule has 16 heteroatoms. The molecule has 0 spiro atoms. The number of rotatable bonds is 18. The van der Waals surface area contributed by atoms with Crippen molar-refractivity contribution in [3.8, 4) is 92.0 Å². The van der Waals surface area contributed by atoms with Crippen LogP contribution >= 0.6 is 0 Å². The molecule has 8 aromatic carbocycles. The van der Waals surface area contributed by atoms with Crippen LogP contribution < -0.4 is 0 Å². The number of aryl methyl sites for hydroxylation is 2. The fourth-order valence-corrected chi connectivity index (χ4v) is 9.70. The highest BCUT2D eigenvalue weighted by atomic mass is 16.3. The molecule has 16 nitrogen and oxygen atoms in total. The topological polar surface area (TPSA) is 324 Å². The molecule has 0 aliphatic carbocycles. The van der Waals surface area contributed by atoms with Gasteiger partial charge >= 0.3 is 0 Å². The minimum absolute atomic E-state index is 0.0986. The van der Waals surface area contributed by atoms with Gasteiger partial charge in [-0.25, -0.2) is 0 Å². The maximum absolute atomic E-state index is 10.1. The van der Waals surface area contributed by atoms with Crippen LogP contribution in [0.1, 0.15) is 69.2 Å². The number of phenolic OH excluding ortho intramolecular Hbond substituents is 16. The van der Waals surface area contributed by atoms with Gasteiger partial charge in [0.05, 0.1) is 0 Å². The molecule has 0 aliphatic heterocycles. The second-order valence-corrected chi connectivity index (χ2v) is 19.1. The van der Waals surface area contributed by atoms with Crippen LogP contribution in [0.4, 0.5) is 0 Å². The van der Waals surface area contributed by atoms with Crippen molar-refractivity contribution >= 4 is 0 Å². The van der Waals surface area contributed by atoms with Crippen molar-refractivity contribution in [2.45, 2.75) is 63.2 Å². The Morgan fingerprint density at radius 3 is 0.684 bits per heavy atom. The van der Waals surface area contributed by atoms with Crippen molar-refractivity contribution in [1.82, 2.24) is 0 Å². The summed E-state index contributed by atoms with van der Waals surface area (Å²) in [5.41, 5.74) is 6.06. The Kier molecular flexibility index (Phi) is 17.2. The van der Waals surface area contributed by atoms with E-state index in [-0.39, 0.29) is 46.7 Å². The number of aromatic hydroxyl groups is 16. The number of hydrogen-bond donors (Lipinski definition) is 16. The van der Waals surface area contributed by atoms with Crippen molar-refractivity contribution in [3.63, 3.8) is 0 Å². The maximum Gasteiger partial charge on any atom is 0.200 e. The summed E-state index contributed by atoms with van der Waals surface area (Å²) >= 11 is 0. The van der Waals surface area contributed by atoms with Gasteiger partial charge in [0.1, 0.15) is 23.0 Å². The third kappa shape index (κ3) is 14.0. The Bertz CT molecular complexity index is 2920. The molecule has 0 bridgehead atoms. The van der Waals surface area contributed by atoms with Gasteiger partial charge in [0.15, 0.2) is 69.0 Å². The van der Waals surface area contributed by atoms with E-state index in [1.54, 1.807) is 72.8 Å². The van der Waals surface area contributed by atoms with E-state index in [9.17, 15) is 81.7 Å². The molecule has 8 rings (SSSR count). The summed E-state index contributed by atoms with van der Waals surface area (Å²) in [6, 6.07) is 38.4. The first-order valence-corrected chi connectivity index (χ1v) is 24.3. The molecule has 0 aromatic heterocycles. The van der Waals surface area contributed by atoms with Gasteiger partial charge in [0.2, 0.25) is 0 Å². The smallest absolute Gasteiger partial charge is 0.200 e. The number of benzene rings is 8. The first-order valence-electron chi connectivity index (χ1n) is 24.3. The zero-order valence-corrected chi connectivity index (χ0v) is 41.0. The Morgan fingerprint density at radius 2 is 0.447 bits per heavy atom. The highest BCUT2D eigenvalue weighted by molar-refractivity contribution is 5.54. The van der Waals surface area contributed by atoms with Gasteiger partial charge in [-0.05, 0) is 217 Å². The van der Waals surface area contributed by atoms with E-state index < -0.39 is 69.0 Å². The van der Waals surface area contributed by atoms with E-state index >= 15 is 0 Å². The summed E-state index contributed by atoms with van der Waals surface area (Å²) in [7, 11) is 0. The van der Waals surface area contributed by atoms with Crippen molar-refractivity contribution in [1.29, 1.82) is 0 Å². The summed E-state index contributed by atoms with van der Waals surface area (Å²) in [5, 5.41) is 159. The normalized spacial score (nSPS) is 12.7. The molecule has 0 fully saturated rings. The van der Waals surface area contributed by atoms with E-state index in [1.807, 2.05) is 24.3 Å². The molecule has 16 N–H and O–H groups in total. The summed E-state index contributed by atoms with van der Waals surface area (Å²) < 4.78 is 0. The van der Waals surface area contributed by atoms with Gasteiger partial charge in [-0.3, -0.25) is 0 Å². The van der Waals surface area contributed by atoms with Crippen LogP contribution in [-0.4, -0.2) is 81.7 Å². The highest BCUT2D eigenvalue weighted by Crippen LogP contribution is 2.44. The van der Waals surface area contributed by atoms with Gasteiger partial charge in [0.25, 0.3) is 0 Å². The molecule has 0 radical (unpaired) electrons. The van der Waals surface area contributed by atoms with Crippen LogP contribution in [0.15, 0.2) is 146 Å². The van der Waals surface area contributed by atoms with E-state index in [0.717, 1.165) is 22.3 Å². The fourth-order valence-electron chi connectivity index (χ4n) is 9.70. The lowest BCUT2D eigenvalue weighted by atomic mass is 9.75. The Labute approximate surface area is 437 Å². The molecule has 0 saturated carbocycles. The van der Waals surface area contributed by atoms with E-state index in [2.05, 4.69) is 0 Å². The highest BCUT2D eigenvalue weighted by Gasteiger charge is 2.28. The van der Waals surface area contributed by atoms with Crippen LogP contribution in [-0.2, 0) is 38.5 Å². The predicted octanol–water partition coefficient (Wildman–Crippen LogP) is 10.3. The van der Waals surface area contributed by atoms with Gasteiger partial charge in [-0.1, -0.05) is 48.5 Å². The van der Waals surface area contributed by atoms with Gasteiger partial charge in [-0.15, -0.1) is 0 Å². The lowest BCUT2D eigenvalue weighted by Gasteiger charge is -2.29. The SMILES string of the molecule is Oc1ccc(CC[C@@H](Cc2cc(O)c(O)c(O)c2)[C@H](Cc2cc(O)c(O)c(O)c2)c2ccc(O)cc2)cc1.Oc1ccc(CC[C@H](Cc2cc(O)c(O)c(O)c2)[C@@H](Cc2cc(O)c(O)c(O)c2)c2ccc(O)cc2)cc1. The van der Waals surface area contributed by atoms with Crippen LogP contribution in [0.3, 0.4) is 0 Å².